The second-order valence-electron chi connectivity index (χ2n) is 3.54. The molecule has 70 valence electrons. The molecule has 1 aliphatic carbocycles. The topological polar surface area (TPSA) is 26.0 Å². The third-order valence-electron chi connectivity index (χ3n) is 2.51. The summed E-state index contributed by atoms with van der Waals surface area (Å²) in [6.45, 7) is 0. The van der Waals surface area contributed by atoms with E-state index in [2.05, 4.69) is 0 Å². The van der Waals surface area contributed by atoms with Gasteiger partial charge in [-0.3, -0.25) is 0 Å². The van der Waals surface area contributed by atoms with Crippen LogP contribution in [0.3, 0.4) is 0 Å². The van der Waals surface area contributed by atoms with Gasteiger partial charge in [0.2, 0.25) is 0 Å². The number of aryl methyl sites for hydroxylation is 1. The first-order chi connectivity index (χ1) is 6.16. The number of benzene rings is 1. The van der Waals surface area contributed by atoms with E-state index in [-0.39, 0.29) is 16.9 Å². The van der Waals surface area contributed by atoms with Crippen LogP contribution in [0.25, 0.3) is 0 Å². The highest BCUT2D eigenvalue weighted by molar-refractivity contribution is 6.30. The molecule has 1 aromatic carbocycles. The van der Waals surface area contributed by atoms with Crippen LogP contribution in [0.5, 0.6) is 0 Å². The summed E-state index contributed by atoms with van der Waals surface area (Å²) in [7, 11) is 0. The molecular weight excluding hydrogens is 189 g/mol. The second-order valence-corrected chi connectivity index (χ2v) is 3.95. The normalized spacial score (nSPS) is 21.3. The van der Waals surface area contributed by atoms with Gasteiger partial charge in [0.15, 0.2) is 0 Å². The van der Waals surface area contributed by atoms with Crippen molar-refractivity contribution in [2.24, 2.45) is 5.73 Å². The first-order valence-electron chi connectivity index (χ1n) is 4.39. The van der Waals surface area contributed by atoms with Crippen LogP contribution < -0.4 is 5.73 Å². The molecule has 1 atom stereocenters. The number of halogens is 2. The van der Waals surface area contributed by atoms with Crippen molar-refractivity contribution in [2.75, 3.05) is 0 Å². The van der Waals surface area contributed by atoms with Crippen molar-refractivity contribution in [2.45, 2.75) is 25.3 Å². The zero-order valence-corrected chi connectivity index (χ0v) is 7.94. The standard InChI is InChI=1S/C10H11ClFN/c11-9-4-7-3-8(13)2-1-6(7)5-10(9)12/h4-5,8H,1-3,13H2. The Labute approximate surface area is 81.7 Å². The van der Waals surface area contributed by atoms with Gasteiger partial charge < -0.3 is 5.73 Å². The predicted octanol–water partition coefficient (Wildman–Crippen LogP) is 2.30. The third-order valence-corrected chi connectivity index (χ3v) is 2.80. The lowest BCUT2D eigenvalue weighted by atomic mass is 9.89. The van der Waals surface area contributed by atoms with E-state index >= 15 is 0 Å². The number of hydrogen-bond acceptors (Lipinski definition) is 1. The molecule has 0 saturated heterocycles. The third kappa shape index (κ3) is 1.69. The van der Waals surface area contributed by atoms with Crippen LogP contribution in [-0.4, -0.2) is 6.04 Å². The van der Waals surface area contributed by atoms with Gasteiger partial charge in [-0.1, -0.05) is 11.6 Å². The molecule has 1 aromatic rings. The van der Waals surface area contributed by atoms with Crippen LogP contribution in [0.15, 0.2) is 12.1 Å². The van der Waals surface area contributed by atoms with Crippen LogP contribution in [-0.2, 0) is 12.8 Å². The van der Waals surface area contributed by atoms with E-state index in [0.29, 0.717) is 0 Å². The molecule has 0 saturated carbocycles. The van der Waals surface area contributed by atoms with Gasteiger partial charge in [0.05, 0.1) is 5.02 Å². The molecule has 0 fully saturated rings. The summed E-state index contributed by atoms with van der Waals surface area (Å²) in [5.74, 6) is -0.323. The molecule has 13 heavy (non-hydrogen) atoms. The van der Waals surface area contributed by atoms with Crippen molar-refractivity contribution in [1.82, 2.24) is 0 Å². The minimum Gasteiger partial charge on any atom is -0.327 e. The number of nitrogens with two attached hydrogens (primary N) is 1. The highest BCUT2D eigenvalue weighted by atomic mass is 35.5. The van der Waals surface area contributed by atoms with Crippen molar-refractivity contribution >= 4 is 11.6 Å². The Morgan fingerprint density at radius 2 is 2.15 bits per heavy atom. The highest BCUT2D eigenvalue weighted by Crippen LogP contribution is 2.26. The van der Waals surface area contributed by atoms with Gasteiger partial charge in [0, 0.05) is 6.04 Å². The highest BCUT2D eigenvalue weighted by Gasteiger charge is 2.17. The number of rotatable bonds is 0. The fourth-order valence-corrected chi connectivity index (χ4v) is 1.96. The summed E-state index contributed by atoms with van der Waals surface area (Å²) in [6.07, 6.45) is 2.62. The Morgan fingerprint density at radius 3 is 2.92 bits per heavy atom. The lowest BCUT2D eigenvalue weighted by molar-refractivity contribution is 0.566. The summed E-state index contributed by atoms with van der Waals surface area (Å²) >= 11 is 5.68. The van der Waals surface area contributed by atoms with Gasteiger partial charge in [0.1, 0.15) is 5.82 Å². The van der Waals surface area contributed by atoms with Gasteiger partial charge in [-0.2, -0.15) is 0 Å². The quantitative estimate of drug-likeness (QED) is 0.682. The van der Waals surface area contributed by atoms with E-state index in [1.807, 2.05) is 0 Å². The maximum atomic E-state index is 13.0. The summed E-state index contributed by atoms with van der Waals surface area (Å²) < 4.78 is 13.0. The first-order valence-corrected chi connectivity index (χ1v) is 4.77. The van der Waals surface area contributed by atoms with Crippen LogP contribution in [0.1, 0.15) is 17.5 Å². The van der Waals surface area contributed by atoms with E-state index < -0.39 is 0 Å². The fraction of sp³-hybridized carbons (Fsp3) is 0.400. The van der Waals surface area contributed by atoms with Crippen LogP contribution in [0.4, 0.5) is 4.39 Å². The minimum atomic E-state index is -0.323. The molecular formula is C10H11ClFN. The fourth-order valence-electron chi connectivity index (χ4n) is 1.78. The maximum Gasteiger partial charge on any atom is 0.142 e. The Kier molecular flexibility index (Phi) is 2.26. The molecule has 1 unspecified atom stereocenters. The predicted molar refractivity (Wildman–Crippen MR) is 51.4 cm³/mol. The molecule has 0 aliphatic heterocycles. The van der Waals surface area contributed by atoms with Crippen molar-refractivity contribution in [3.63, 3.8) is 0 Å². The van der Waals surface area contributed by atoms with E-state index in [1.54, 1.807) is 6.07 Å². The van der Waals surface area contributed by atoms with Crippen molar-refractivity contribution in [1.29, 1.82) is 0 Å². The van der Waals surface area contributed by atoms with Gasteiger partial charge >= 0.3 is 0 Å². The summed E-state index contributed by atoms with van der Waals surface area (Å²) in [5, 5.41) is 0.202. The zero-order valence-electron chi connectivity index (χ0n) is 7.19. The molecule has 0 aromatic heterocycles. The first kappa shape index (κ1) is 8.97. The average molecular weight is 200 g/mol. The Hall–Kier alpha value is -0.600. The molecule has 1 aliphatic rings. The van der Waals surface area contributed by atoms with Crippen LogP contribution >= 0.6 is 11.6 Å². The Balaban J connectivity index is 2.43. The Bertz CT molecular complexity index is 338. The van der Waals surface area contributed by atoms with Crippen LogP contribution in [0.2, 0.25) is 5.02 Å². The molecule has 0 heterocycles. The van der Waals surface area contributed by atoms with Crippen molar-refractivity contribution in [3.8, 4) is 0 Å². The monoisotopic (exact) mass is 199 g/mol. The SMILES string of the molecule is NC1CCc2cc(F)c(Cl)cc2C1. The van der Waals surface area contributed by atoms with E-state index in [4.69, 9.17) is 17.3 Å². The van der Waals surface area contributed by atoms with Gasteiger partial charge in [-0.15, -0.1) is 0 Å². The lowest BCUT2D eigenvalue weighted by Gasteiger charge is -2.21. The molecule has 0 amide bonds. The summed E-state index contributed by atoms with van der Waals surface area (Å²) in [4.78, 5) is 0. The molecule has 0 radical (unpaired) electrons. The summed E-state index contributed by atoms with van der Waals surface area (Å²) in [5.41, 5.74) is 7.96. The van der Waals surface area contributed by atoms with Gasteiger partial charge in [-0.25, -0.2) is 4.39 Å². The molecule has 2 N–H and O–H groups in total. The van der Waals surface area contributed by atoms with Gasteiger partial charge in [-0.05, 0) is 42.5 Å². The number of hydrogen-bond donors (Lipinski definition) is 1. The van der Waals surface area contributed by atoms with Crippen molar-refractivity contribution in [3.05, 3.63) is 34.1 Å². The molecule has 2 rings (SSSR count). The second kappa shape index (κ2) is 3.28. The van der Waals surface area contributed by atoms with Crippen molar-refractivity contribution < 1.29 is 4.39 Å². The smallest absolute Gasteiger partial charge is 0.142 e. The van der Waals surface area contributed by atoms with E-state index in [1.165, 1.54) is 6.07 Å². The van der Waals surface area contributed by atoms with E-state index in [0.717, 1.165) is 30.4 Å². The summed E-state index contributed by atoms with van der Waals surface area (Å²) in [6, 6.07) is 3.43. The largest absolute Gasteiger partial charge is 0.327 e. The van der Waals surface area contributed by atoms with E-state index in [9.17, 15) is 4.39 Å². The number of fused-ring (bicyclic) bond motifs is 1. The molecule has 3 heteroatoms. The average Bonchev–Trinajstić information content (AvgIpc) is 2.08. The van der Waals surface area contributed by atoms with Crippen LogP contribution in [0, 0.1) is 5.82 Å². The molecule has 0 spiro atoms. The van der Waals surface area contributed by atoms with Gasteiger partial charge in [0.25, 0.3) is 0 Å². The maximum absolute atomic E-state index is 13.0. The molecule has 1 nitrogen and oxygen atoms in total. The lowest BCUT2D eigenvalue weighted by Crippen LogP contribution is -2.27. The Morgan fingerprint density at radius 1 is 1.38 bits per heavy atom. The molecule has 0 bridgehead atoms. The zero-order chi connectivity index (χ0) is 9.42. The minimum absolute atomic E-state index is 0.202.